The van der Waals surface area contributed by atoms with Crippen LogP contribution in [0.4, 0.5) is 14.9 Å². The minimum Gasteiger partial charge on any atom is -0.480 e. The summed E-state index contributed by atoms with van der Waals surface area (Å²) >= 11 is 6.64. The lowest BCUT2D eigenvalue weighted by atomic mass is 9.85. The number of carbonyl (C=O) groups is 1. The normalized spacial score (nSPS) is 16.5. The van der Waals surface area contributed by atoms with Gasteiger partial charge in [-0.15, -0.1) is 0 Å². The zero-order valence-electron chi connectivity index (χ0n) is 20.5. The molecule has 4 rings (SSSR count). The van der Waals surface area contributed by atoms with Gasteiger partial charge in [0.15, 0.2) is 11.4 Å². The molecule has 6 nitrogen and oxygen atoms in total. The maximum absolute atomic E-state index is 15.6. The number of ether oxygens (including phenoxy) is 2. The molecular formula is C28H27ClFN3O3. The molecule has 1 aliphatic rings. The van der Waals surface area contributed by atoms with E-state index in [9.17, 15) is 10.1 Å². The molecular weight excluding hydrogens is 481 g/mol. The van der Waals surface area contributed by atoms with Crippen molar-refractivity contribution in [2.75, 3.05) is 18.9 Å². The molecule has 0 spiro atoms. The van der Waals surface area contributed by atoms with E-state index in [4.69, 9.17) is 21.1 Å². The third-order valence-corrected chi connectivity index (χ3v) is 6.30. The van der Waals surface area contributed by atoms with Crippen LogP contribution in [-0.4, -0.2) is 25.3 Å². The van der Waals surface area contributed by atoms with Crippen LogP contribution in [0.25, 0.3) is 11.1 Å². The molecule has 3 aromatic carbocycles. The summed E-state index contributed by atoms with van der Waals surface area (Å²) in [6.45, 7) is 5.46. The Labute approximate surface area is 215 Å². The Morgan fingerprint density at radius 3 is 2.53 bits per heavy atom. The predicted octanol–water partition coefficient (Wildman–Crippen LogP) is 6.41. The first-order valence-electron chi connectivity index (χ1n) is 11.5. The van der Waals surface area contributed by atoms with Crippen LogP contribution < -0.4 is 15.4 Å². The third kappa shape index (κ3) is 4.82. The Hall–Kier alpha value is -3.76. The van der Waals surface area contributed by atoms with Crippen LogP contribution in [0.1, 0.15) is 37.5 Å². The summed E-state index contributed by atoms with van der Waals surface area (Å²) in [7, 11) is 1.61. The zero-order valence-corrected chi connectivity index (χ0v) is 21.3. The van der Waals surface area contributed by atoms with Crippen molar-refractivity contribution in [3.8, 4) is 22.9 Å². The van der Waals surface area contributed by atoms with Crippen molar-refractivity contribution in [2.24, 2.45) is 0 Å². The molecule has 2 N–H and O–H groups in total. The number of nitrogens with one attached hydrogen (secondary N) is 2. The van der Waals surface area contributed by atoms with E-state index < -0.39 is 23.1 Å². The highest BCUT2D eigenvalue weighted by Gasteiger charge is 2.44. The number of alkyl carbamates (subject to hydrolysis) is 1. The van der Waals surface area contributed by atoms with Gasteiger partial charge in [0.1, 0.15) is 11.4 Å². The highest BCUT2D eigenvalue weighted by Crippen LogP contribution is 2.49. The van der Waals surface area contributed by atoms with E-state index in [1.807, 2.05) is 30.3 Å². The molecule has 3 aromatic rings. The first-order valence-corrected chi connectivity index (χ1v) is 11.9. The van der Waals surface area contributed by atoms with Gasteiger partial charge in [-0.25, -0.2) is 9.18 Å². The number of benzene rings is 3. The van der Waals surface area contributed by atoms with E-state index in [1.165, 1.54) is 6.07 Å². The molecule has 36 heavy (non-hydrogen) atoms. The second-order valence-corrected chi connectivity index (χ2v) is 10.0. The minimum absolute atomic E-state index is 0.0990. The maximum Gasteiger partial charge on any atom is 0.407 e. The second-order valence-electron chi connectivity index (χ2n) is 9.61. The summed E-state index contributed by atoms with van der Waals surface area (Å²) < 4.78 is 27.5. The van der Waals surface area contributed by atoms with Crippen LogP contribution in [0, 0.1) is 17.1 Å². The quantitative estimate of drug-likeness (QED) is 0.416. The number of rotatable bonds is 5. The molecule has 1 atom stereocenters. The van der Waals surface area contributed by atoms with E-state index in [0.29, 0.717) is 21.9 Å². The maximum atomic E-state index is 15.6. The van der Waals surface area contributed by atoms with Gasteiger partial charge in [0.25, 0.3) is 0 Å². The first kappa shape index (κ1) is 25.3. The predicted molar refractivity (Wildman–Crippen MR) is 138 cm³/mol. The fourth-order valence-corrected chi connectivity index (χ4v) is 4.68. The van der Waals surface area contributed by atoms with Crippen molar-refractivity contribution in [1.29, 1.82) is 5.26 Å². The van der Waals surface area contributed by atoms with Crippen molar-refractivity contribution in [2.45, 2.75) is 38.4 Å². The number of amides is 1. The van der Waals surface area contributed by atoms with Crippen LogP contribution in [0.15, 0.2) is 54.6 Å². The summed E-state index contributed by atoms with van der Waals surface area (Å²) in [6.07, 6.45) is -0.290. The molecule has 0 unspecified atom stereocenters. The summed E-state index contributed by atoms with van der Waals surface area (Å²) in [5.74, 6) is -0.0710. The number of halogens is 2. The Morgan fingerprint density at radius 2 is 1.89 bits per heavy atom. The number of hydrogen-bond acceptors (Lipinski definition) is 5. The number of nitriles is 1. The van der Waals surface area contributed by atoms with Gasteiger partial charge in [0, 0.05) is 35.2 Å². The van der Waals surface area contributed by atoms with Gasteiger partial charge < -0.3 is 20.1 Å². The van der Waals surface area contributed by atoms with E-state index >= 15 is 4.39 Å². The molecule has 0 aliphatic carbocycles. The molecule has 1 aliphatic heterocycles. The van der Waals surface area contributed by atoms with Crippen LogP contribution in [0.3, 0.4) is 0 Å². The van der Waals surface area contributed by atoms with Crippen molar-refractivity contribution >= 4 is 23.4 Å². The number of hydrogen-bond donors (Lipinski definition) is 2. The molecule has 0 radical (unpaired) electrons. The van der Waals surface area contributed by atoms with Gasteiger partial charge in [-0.1, -0.05) is 41.9 Å². The fourth-order valence-electron chi connectivity index (χ4n) is 4.41. The Bertz CT molecular complexity index is 1350. The Kier molecular flexibility index (Phi) is 6.83. The Morgan fingerprint density at radius 1 is 1.17 bits per heavy atom. The summed E-state index contributed by atoms with van der Waals surface area (Å²) in [6, 6.07) is 18.0. The molecule has 0 saturated carbocycles. The average molecular weight is 508 g/mol. The van der Waals surface area contributed by atoms with Crippen LogP contribution in [-0.2, 0) is 16.8 Å². The van der Waals surface area contributed by atoms with Crippen LogP contribution >= 0.6 is 11.6 Å². The van der Waals surface area contributed by atoms with Gasteiger partial charge >= 0.3 is 6.09 Å². The minimum atomic E-state index is -0.996. The molecule has 8 heteroatoms. The van der Waals surface area contributed by atoms with E-state index in [0.717, 1.165) is 5.56 Å². The highest BCUT2D eigenvalue weighted by molar-refractivity contribution is 6.33. The van der Waals surface area contributed by atoms with E-state index in [2.05, 4.69) is 16.7 Å². The van der Waals surface area contributed by atoms with Crippen LogP contribution in [0.5, 0.6) is 5.75 Å². The number of nitrogens with zero attached hydrogens (tertiary/aromatic N) is 1. The van der Waals surface area contributed by atoms with Crippen LogP contribution in [0.2, 0.25) is 5.02 Å². The first-order chi connectivity index (χ1) is 17.1. The summed E-state index contributed by atoms with van der Waals surface area (Å²) in [5.41, 5.74) is 0.736. The molecule has 1 amide bonds. The fraction of sp³-hybridized carbons (Fsp3) is 0.286. The zero-order chi connectivity index (χ0) is 26.1. The number of anilines is 1. The SMILES string of the molecule is CNc1ccc(C#N)c(-c2c(Cl)ccc3c2C[C@@](CNC(=O)OC(C)(C)C)(c2ccccc2)O3)c1F. The molecule has 1 heterocycles. The van der Waals surface area contributed by atoms with Crippen molar-refractivity contribution in [3.05, 3.63) is 82.1 Å². The number of fused-ring (bicyclic) bond motifs is 1. The molecule has 0 bridgehead atoms. The van der Waals surface area contributed by atoms with E-state index in [1.54, 1.807) is 46.0 Å². The smallest absolute Gasteiger partial charge is 0.407 e. The lowest BCUT2D eigenvalue weighted by Crippen LogP contribution is -2.45. The van der Waals surface area contributed by atoms with Gasteiger partial charge in [-0.3, -0.25) is 0 Å². The second kappa shape index (κ2) is 9.71. The highest BCUT2D eigenvalue weighted by atomic mass is 35.5. The lowest BCUT2D eigenvalue weighted by molar-refractivity contribution is 0.0415. The molecule has 0 fully saturated rings. The van der Waals surface area contributed by atoms with Crippen molar-refractivity contribution in [3.63, 3.8) is 0 Å². The third-order valence-electron chi connectivity index (χ3n) is 5.99. The summed E-state index contributed by atoms with van der Waals surface area (Å²) in [5, 5.41) is 15.7. The van der Waals surface area contributed by atoms with Gasteiger partial charge in [-0.05, 0) is 50.6 Å². The topological polar surface area (TPSA) is 83.4 Å². The van der Waals surface area contributed by atoms with Crippen molar-refractivity contribution in [1.82, 2.24) is 5.32 Å². The standard InChI is InChI=1S/C28H27ClFN3O3/c1-27(2,3)36-26(34)33-16-28(18-8-6-5-7-9-18)14-19-22(35-28)13-11-20(29)24(19)23-17(15-31)10-12-21(32-4)25(23)30/h5-13,32H,14,16H2,1-4H3,(H,33,34)/t28-/m1/s1. The average Bonchev–Trinajstić information content (AvgIpc) is 3.23. The van der Waals surface area contributed by atoms with Crippen molar-refractivity contribution < 1.29 is 18.7 Å². The Balaban J connectivity index is 1.82. The number of carbonyl (C=O) groups excluding carboxylic acids is 1. The van der Waals surface area contributed by atoms with Gasteiger partial charge in [0.2, 0.25) is 0 Å². The molecule has 0 aromatic heterocycles. The van der Waals surface area contributed by atoms with Gasteiger partial charge in [-0.2, -0.15) is 5.26 Å². The molecule has 186 valence electrons. The van der Waals surface area contributed by atoms with E-state index in [-0.39, 0.29) is 29.8 Å². The lowest BCUT2D eigenvalue weighted by Gasteiger charge is -2.30. The molecule has 0 saturated heterocycles. The largest absolute Gasteiger partial charge is 0.480 e. The van der Waals surface area contributed by atoms with Gasteiger partial charge in [0.05, 0.1) is 23.9 Å². The summed E-state index contributed by atoms with van der Waals surface area (Å²) in [4.78, 5) is 12.5. The monoisotopic (exact) mass is 507 g/mol.